The number of aryl methyl sites for hydroxylation is 1. The van der Waals surface area contributed by atoms with Gasteiger partial charge in [0.15, 0.2) is 10.8 Å². The van der Waals surface area contributed by atoms with Gasteiger partial charge in [0.25, 0.3) is 11.8 Å². The Morgan fingerprint density at radius 2 is 2.08 bits per heavy atom. The number of aromatic nitrogens is 1. The average molecular weight is 581 g/mol. The third kappa shape index (κ3) is 5.24. The van der Waals surface area contributed by atoms with Crippen LogP contribution in [0.4, 0.5) is 5.13 Å². The Bertz CT molecular complexity index is 1480. The van der Waals surface area contributed by atoms with Gasteiger partial charge >= 0.3 is 5.97 Å². The molecule has 1 aromatic heterocycles. The van der Waals surface area contributed by atoms with E-state index in [-0.39, 0.29) is 39.3 Å². The quantitative estimate of drug-likeness (QED) is 0.182. The van der Waals surface area contributed by atoms with Crippen LogP contribution in [0.25, 0.3) is 0 Å². The number of nitrogens with one attached hydrogen (secondary N) is 2. The van der Waals surface area contributed by atoms with Crippen molar-refractivity contribution in [3.05, 3.63) is 51.7 Å². The molecule has 0 saturated carbocycles. The van der Waals surface area contributed by atoms with E-state index in [0.717, 1.165) is 16.2 Å². The van der Waals surface area contributed by atoms with E-state index in [1.807, 2.05) is 0 Å². The lowest BCUT2D eigenvalue weighted by Crippen LogP contribution is -2.71. The number of thioether (sulfide) groups is 1. The number of nitrogen functional groups attached to an aromatic ring is 1. The minimum absolute atomic E-state index is 0.0620. The van der Waals surface area contributed by atoms with Gasteiger partial charge in [-0.3, -0.25) is 14.5 Å². The number of nitrogens with zero attached hydrogens (tertiary/aromatic N) is 3. The van der Waals surface area contributed by atoms with Crippen LogP contribution < -0.4 is 15.8 Å². The third-order valence-electron chi connectivity index (χ3n) is 5.81. The van der Waals surface area contributed by atoms with Crippen LogP contribution in [0.5, 0.6) is 0 Å². The fourth-order valence-electron chi connectivity index (χ4n) is 4.17. The van der Waals surface area contributed by atoms with Crippen molar-refractivity contribution in [2.45, 2.75) is 29.7 Å². The summed E-state index contributed by atoms with van der Waals surface area (Å²) in [6.45, 7) is 1.74. The number of rotatable bonds is 9. The number of thiazole rings is 1. The minimum atomic E-state index is -3.70. The molecule has 38 heavy (non-hydrogen) atoms. The zero-order chi connectivity index (χ0) is 27.8. The van der Waals surface area contributed by atoms with Gasteiger partial charge in [-0.2, -0.15) is 0 Å². The van der Waals surface area contributed by atoms with E-state index in [1.165, 1.54) is 43.4 Å². The van der Waals surface area contributed by atoms with Crippen molar-refractivity contribution in [1.29, 1.82) is 0 Å². The lowest BCUT2D eigenvalue weighted by molar-refractivity contribution is -0.150. The number of aliphatic carboxylic acids is 1. The molecule has 202 valence electrons. The van der Waals surface area contributed by atoms with Crippen molar-refractivity contribution < 1.29 is 32.7 Å². The average Bonchev–Trinajstić information content (AvgIpc) is 3.30. The number of oxime groups is 1. The topological polar surface area (TPSA) is 193 Å². The van der Waals surface area contributed by atoms with Gasteiger partial charge in [-0.25, -0.2) is 22.9 Å². The number of benzene rings is 1. The van der Waals surface area contributed by atoms with Gasteiger partial charge in [0, 0.05) is 11.1 Å². The number of sulfonamides is 1. The molecule has 1 fully saturated rings. The Hall–Kier alpha value is -3.47. The molecule has 1 saturated heterocycles. The summed E-state index contributed by atoms with van der Waals surface area (Å²) in [6, 6.07) is 3.76. The monoisotopic (exact) mass is 580 g/mol. The normalized spacial score (nSPS) is 19.6. The summed E-state index contributed by atoms with van der Waals surface area (Å²) >= 11 is 2.40. The number of β-lactam (4-membered cyclic amide) rings is 1. The summed E-state index contributed by atoms with van der Waals surface area (Å²) in [4.78, 5) is 48.1. The molecule has 3 heterocycles. The van der Waals surface area contributed by atoms with Gasteiger partial charge < -0.3 is 21.0 Å². The molecular formula is C22H24N6O7S3. The number of anilines is 1. The van der Waals surface area contributed by atoms with Crippen molar-refractivity contribution in [2.24, 2.45) is 5.16 Å². The predicted molar refractivity (Wildman–Crippen MR) is 141 cm³/mol. The highest BCUT2D eigenvalue weighted by atomic mass is 32.2. The third-order valence-corrected chi connectivity index (χ3v) is 9.21. The number of hydrogen-bond donors (Lipinski definition) is 4. The Balaban J connectivity index is 1.57. The van der Waals surface area contributed by atoms with Crippen LogP contribution in [0, 0.1) is 6.92 Å². The highest BCUT2D eigenvalue weighted by Crippen LogP contribution is 2.41. The molecule has 2 aliphatic heterocycles. The van der Waals surface area contributed by atoms with Gasteiger partial charge in [-0.05, 0) is 49.2 Å². The van der Waals surface area contributed by atoms with Crippen molar-refractivity contribution in [1.82, 2.24) is 19.9 Å². The van der Waals surface area contributed by atoms with Crippen molar-refractivity contribution in [3.63, 3.8) is 0 Å². The van der Waals surface area contributed by atoms with Crippen LogP contribution in [0.15, 0.2) is 44.9 Å². The van der Waals surface area contributed by atoms with Crippen molar-refractivity contribution >= 4 is 61.7 Å². The number of fused-ring (bicyclic) bond motifs is 1. The first kappa shape index (κ1) is 27.6. The number of carboxylic acids is 1. The van der Waals surface area contributed by atoms with Crippen LogP contribution in [-0.4, -0.2) is 78.2 Å². The van der Waals surface area contributed by atoms with Gasteiger partial charge in [0.05, 0.1) is 4.90 Å². The van der Waals surface area contributed by atoms with E-state index >= 15 is 0 Å². The molecular weight excluding hydrogens is 556 g/mol. The zero-order valence-electron chi connectivity index (χ0n) is 20.4. The molecule has 2 amide bonds. The number of hydrogen-bond acceptors (Lipinski definition) is 11. The van der Waals surface area contributed by atoms with E-state index in [1.54, 1.807) is 13.0 Å². The van der Waals surface area contributed by atoms with E-state index in [9.17, 15) is 27.9 Å². The maximum Gasteiger partial charge on any atom is 0.352 e. The molecule has 0 unspecified atom stereocenters. The zero-order valence-corrected chi connectivity index (χ0v) is 22.9. The van der Waals surface area contributed by atoms with Crippen LogP contribution >= 0.6 is 23.1 Å². The van der Waals surface area contributed by atoms with Crippen LogP contribution in [0.1, 0.15) is 16.8 Å². The highest BCUT2D eigenvalue weighted by Gasteiger charge is 2.54. The Kier molecular flexibility index (Phi) is 7.78. The van der Waals surface area contributed by atoms with Gasteiger partial charge in [-0.1, -0.05) is 11.2 Å². The summed E-state index contributed by atoms with van der Waals surface area (Å²) in [5.74, 6) is -2.35. The number of carbonyl (C=O) groups excluding carboxylic acids is 2. The lowest BCUT2D eigenvalue weighted by atomic mass is 9.98. The summed E-state index contributed by atoms with van der Waals surface area (Å²) in [5.41, 5.74) is 7.20. The first-order valence-corrected chi connectivity index (χ1v) is 14.5. The summed E-state index contributed by atoms with van der Waals surface area (Å²) in [6.07, 6.45) is 0.131. The molecule has 0 bridgehead atoms. The Labute approximate surface area is 226 Å². The SMILES string of the molecule is CNS(=O)(=O)c1cc(C)cc(CC2=C(C(=O)O)N3C(=O)[C@@H](NC(=O)/C(=N\OC)c4csc(N)n4)[C@H]3SC2)c1. The number of amides is 2. The second-order valence-corrected chi connectivity index (χ2v) is 12.2. The van der Waals surface area contributed by atoms with Crippen molar-refractivity contribution in [3.8, 4) is 0 Å². The lowest BCUT2D eigenvalue weighted by Gasteiger charge is -2.49. The number of carbonyl (C=O) groups is 3. The molecule has 0 radical (unpaired) electrons. The molecule has 0 aliphatic carbocycles. The van der Waals surface area contributed by atoms with E-state index in [0.29, 0.717) is 16.7 Å². The molecule has 2 aliphatic rings. The minimum Gasteiger partial charge on any atom is -0.477 e. The molecule has 0 spiro atoms. The second-order valence-electron chi connectivity index (χ2n) is 8.35. The van der Waals surface area contributed by atoms with Crippen molar-refractivity contribution in [2.75, 3.05) is 25.6 Å². The van der Waals surface area contributed by atoms with Crippen LogP contribution in [0.2, 0.25) is 0 Å². The van der Waals surface area contributed by atoms with Gasteiger partial charge in [-0.15, -0.1) is 23.1 Å². The smallest absolute Gasteiger partial charge is 0.352 e. The van der Waals surface area contributed by atoms with Gasteiger partial charge in [0.2, 0.25) is 10.0 Å². The first-order valence-electron chi connectivity index (χ1n) is 11.0. The fraction of sp³-hybridized carbons (Fsp3) is 0.318. The number of carboxylic acid groups (broad SMARTS) is 1. The van der Waals surface area contributed by atoms with E-state index in [4.69, 9.17) is 10.6 Å². The van der Waals surface area contributed by atoms with Crippen LogP contribution in [0.3, 0.4) is 0 Å². The standard InChI is InChI=1S/C22H24N6O7S3/c1-10-4-11(7-13(5-10)38(33,34)24-2)6-12-8-36-20-16(19(30)28(20)17(12)21(31)32)26-18(29)15(27-35-3)14-9-37-22(23)25-14/h4-5,7,9,16,20,24H,6,8H2,1-3H3,(H2,23,25)(H,26,29)(H,31,32)/b27-15-/t16-,20-/m1/s1. The summed E-state index contributed by atoms with van der Waals surface area (Å²) < 4.78 is 26.8. The second kappa shape index (κ2) is 10.7. The largest absolute Gasteiger partial charge is 0.477 e. The van der Waals surface area contributed by atoms with E-state index in [2.05, 4.69) is 20.2 Å². The molecule has 13 nitrogen and oxygen atoms in total. The maximum atomic E-state index is 13.1. The molecule has 5 N–H and O–H groups in total. The molecule has 2 aromatic rings. The summed E-state index contributed by atoms with van der Waals surface area (Å²) in [7, 11) is -1.14. The fourth-order valence-corrected chi connectivity index (χ4v) is 6.94. The Morgan fingerprint density at radius 1 is 1.34 bits per heavy atom. The molecule has 4 rings (SSSR count). The maximum absolute atomic E-state index is 13.1. The Morgan fingerprint density at radius 3 is 2.68 bits per heavy atom. The first-order chi connectivity index (χ1) is 18.0. The van der Waals surface area contributed by atoms with Crippen LogP contribution in [-0.2, 0) is 35.7 Å². The summed E-state index contributed by atoms with van der Waals surface area (Å²) in [5, 5.41) is 17.4. The highest BCUT2D eigenvalue weighted by molar-refractivity contribution is 8.00. The predicted octanol–water partition coefficient (Wildman–Crippen LogP) is 0.274. The van der Waals surface area contributed by atoms with E-state index < -0.39 is 39.2 Å². The molecule has 16 heteroatoms. The number of nitrogens with two attached hydrogens (primary N) is 1. The molecule has 1 aromatic carbocycles. The van der Waals surface area contributed by atoms with Gasteiger partial charge in [0.1, 0.15) is 29.9 Å². The molecule has 2 atom stereocenters.